The topological polar surface area (TPSA) is 21.3 Å². The van der Waals surface area contributed by atoms with E-state index in [1.807, 2.05) is 0 Å². The molecule has 0 unspecified atom stereocenters. The second kappa shape index (κ2) is 9.75. The summed E-state index contributed by atoms with van der Waals surface area (Å²) in [5, 5.41) is 6.32. The summed E-state index contributed by atoms with van der Waals surface area (Å²) >= 11 is 0. The van der Waals surface area contributed by atoms with Crippen LogP contribution in [0, 0.1) is 5.92 Å². The molecule has 0 aliphatic heterocycles. The van der Waals surface area contributed by atoms with Crippen molar-refractivity contribution in [2.45, 2.75) is 45.1 Å². The Kier molecular flexibility index (Phi) is 6.62. The molecule has 3 aromatic carbocycles. The summed E-state index contributed by atoms with van der Waals surface area (Å²) in [6, 6.07) is 23.5. The van der Waals surface area contributed by atoms with Crippen LogP contribution in [0.2, 0.25) is 0 Å². The van der Waals surface area contributed by atoms with Gasteiger partial charge in [0.05, 0.1) is 6.61 Å². The van der Waals surface area contributed by atoms with Gasteiger partial charge in [-0.25, -0.2) is 0 Å². The van der Waals surface area contributed by atoms with E-state index in [0.29, 0.717) is 6.61 Å². The number of hydrogen-bond acceptors (Lipinski definition) is 2. The van der Waals surface area contributed by atoms with E-state index < -0.39 is 0 Å². The summed E-state index contributed by atoms with van der Waals surface area (Å²) < 4.78 is 6.25. The molecule has 28 heavy (non-hydrogen) atoms. The van der Waals surface area contributed by atoms with Crippen molar-refractivity contribution in [1.29, 1.82) is 0 Å². The first kappa shape index (κ1) is 19.0. The normalized spacial score (nSPS) is 15.0. The molecule has 2 nitrogen and oxygen atoms in total. The standard InChI is InChI=1S/C26H31NO/c1-3-9-21(10-4-1)17-18-28-26-16-15-23-13-7-8-14-24(23)25(26)20-27-19-22-11-5-2-6-12-22/h1,3-4,7-10,13-16,22,27H,2,5-6,11-12,17-20H2. The zero-order chi connectivity index (χ0) is 19.0. The van der Waals surface area contributed by atoms with Crippen molar-refractivity contribution in [3.63, 3.8) is 0 Å². The average Bonchev–Trinajstić information content (AvgIpc) is 2.76. The molecule has 1 fully saturated rings. The van der Waals surface area contributed by atoms with Crippen LogP contribution in [0.25, 0.3) is 10.8 Å². The molecule has 3 aromatic rings. The van der Waals surface area contributed by atoms with Crippen LogP contribution in [-0.4, -0.2) is 13.2 Å². The van der Waals surface area contributed by atoms with Crippen molar-refractivity contribution in [3.05, 3.63) is 77.9 Å². The molecule has 0 amide bonds. The quantitative estimate of drug-likeness (QED) is 0.513. The Morgan fingerprint density at radius 1 is 0.821 bits per heavy atom. The molecule has 1 N–H and O–H groups in total. The first-order valence-electron chi connectivity index (χ1n) is 10.8. The van der Waals surface area contributed by atoms with Crippen LogP contribution in [0.5, 0.6) is 5.75 Å². The lowest BCUT2D eigenvalue weighted by molar-refractivity contribution is 0.315. The summed E-state index contributed by atoms with van der Waals surface area (Å²) in [5.41, 5.74) is 2.61. The van der Waals surface area contributed by atoms with Crippen molar-refractivity contribution in [1.82, 2.24) is 5.32 Å². The number of fused-ring (bicyclic) bond motifs is 1. The van der Waals surface area contributed by atoms with Gasteiger partial charge in [-0.05, 0) is 47.7 Å². The molecule has 0 radical (unpaired) electrons. The molecule has 0 aromatic heterocycles. The summed E-state index contributed by atoms with van der Waals surface area (Å²) in [6.07, 6.45) is 7.90. The Hall–Kier alpha value is -2.32. The Morgan fingerprint density at radius 2 is 1.61 bits per heavy atom. The smallest absolute Gasteiger partial charge is 0.124 e. The lowest BCUT2D eigenvalue weighted by Crippen LogP contribution is -2.24. The van der Waals surface area contributed by atoms with Crippen LogP contribution < -0.4 is 10.1 Å². The maximum Gasteiger partial charge on any atom is 0.124 e. The third kappa shape index (κ3) is 4.94. The van der Waals surface area contributed by atoms with Gasteiger partial charge in [0.15, 0.2) is 0 Å². The number of ether oxygens (including phenoxy) is 1. The third-order valence-electron chi connectivity index (χ3n) is 5.95. The van der Waals surface area contributed by atoms with E-state index in [1.165, 1.54) is 54.0 Å². The fraction of sp³-hybridized carbons (Fsp3) is 0.385. The molecule has 1 aliphatic carbocycles. The zero-order valence-corrected chi connectivity index (χ0v) is 16.7. The number of hydrogen-bond donors (Lipinski definition) is 1. The van der Waals surface area contributed by atoms with E-state index in [0.717, 1.165) is 31.2 Å². The molecule has 1 saturated carbocycles. The van der Waals surface area contributed by atoms with E-state index in [4.69, 9.17) is 4.74 Å². The number of nitrogens with one attached hydrogen (secondary N) is 1. The molecule has 4 rings (SSSR count). The van der Waals surface area contributed by atoms with Gasteiger partial charge in [-0.1, -0.05) is 79.9 Å². The van der Waals surface area contributed by atoms with Crippen molar-refractivity contribution in [2.24, 2.45) is 5.92 Å². The average molecular weight is 374 g/mol. The third-order valence-corrected chi connectivity index (χ3v) is 5.95. The van der Waals surface area contributed by atoms with Gasteiger partial charge in [0.25, 0.3) is 0 Å². The first-order chi connectivity index (χ1) is 13.9. The molecule has 0 bridgehead atoms. The minimum absolute atomic E-state index is 0.706. The Balaban J connectivity index is 1.44. The van der Waals surface area contributed by atoms with Crippen molar-refractivity contribution in [3.8, 4) is 5.75 Å². The SMILES string of the molecule is c1ccc(CCOc2ccc3ccccc3c2CNCC2CCCCC2)cc1. The number of rotatable bonds is 8. The molecular formula is C26H31NO. The summed E-state index contributed by atoms with van der Waals surface area (Å²) in [6.45, 7) is 2.70. The maximum atomic E-state index is 6.25. The zero-order valence-electron chi connectivity index (χ0n) is 16.7. The summed E-state index contributed by atoms with van der Waals surface area (Å²) in [7, 11) is 0. The van der Waals surface area contributed by atoms with Gasteiger partial charge >= 0.3 is 0 Å². The van der Waals surface area contributed by atoms with Gasteiger partial charge in [0.2, 0.25) is 0 Å². The highest BCUT2D eigenvalue weighted by molar-refractivity contribution is 5.87. The van der Waals surface area contributed by atoms with E-state index in [-0.39, 0.29) is 0 Å². The molecule has 0 spiro atoms. The first-order valence-corrected chi connectivity index (χ1v) is 10.8. The molecule has 0 saturated heterocycles. The highest BCUT2D eigenvalue weighted by Gasteiger charge is 2.14. The van der Waals surface area contributed by atoms with Crippen LogP contribution in [0.4, 0.5) is 0 Å². The lowest BCUT2D eigenvalue weighted by atomic mass is 9.89. The van der Waals surface area contributed by atoms with Gasteiger partial charge in [0.1, 0.15) is 5.75 Å². The summed E-state index contributed by atoms with van der Waals surface area (Å²) in [5.74, 6) is 1.86. The molecule has 2 heteroatoms. The van der Waals surface area contributed by atoms with Crippen molar-refractivity contribution < 1.29 is 4.74 Å². The van der Waals surface area contributed by atoms with Crippen LogP contribution in [0.1, 0.15) is 43.2 Å². The molecular weight excluding hydrogens is 342 g/mol. The fourth-order valence-electron chi connectivity index (χ4n) is 4.35. The Labute approximate surface area is 168 Å². The molecule has 1 aliphatic rings. The summed E-state index contributed by atoms with van der Waals surface area (Å²) in [4.78, 5) is 0. The van der Waals surface area contributed by atoms with Gasteiger partial charge in [0, 0.05) is 18.5 Å². The van der Waals surface area contributed by atoms with Crippen LogP contribution in [0.3, 0.4) is 0 Å². The predicted molar refractivity (Wildman–Crippen MR) is 118 cm³/mol. The van der Waals surface area contributed by atoms with Gasteiger partial charge in [-0.2, -0.15) is 0 Å². The Morgan fingerprint density at radius 3 is 2.46 bits per heavy atom. The fourth-order valence-corrected chi connectivity index (χ4v) is 4.35. The van der Waals surface area contributed by atoms with Crippen molar-refractivity contribution >= 4 is 10.8 Å². The second-order valence-corrected chi connectivity index (χ2v) is 7.98. The van der Waals surface area contributed by atoms with Crippen LogP contribution in [0.15, 0.2) is 66.7 Å². The van der Waals surface area contributed by atoms with E-state index in [9.17, 15) is 0 Å². The maximum absolute atomic E-state index is 6.25. The molecule has 0 atom stereocenters. The molecule has 146 valence electrons. The minimum Gasteiger partial charge on any atom is -0.493 e. The van der Waals surface area contributed by atoms with Crippen LogP contribution in [-0.2, 0) is 13.0 Å². The number of benzene rings is 3. The monoisotopic (exact) mass is 373 g/mol. The minimum atomic E-state index is 0.706. The van der Waals surface area contributed by atoms with E-state index >= 15 is 0 Å². The van der Waals surface area contributed by atoms with Gasteiger partial charge in [-0.3, -0.25) is 0 Å². The Bertz CT molecular complexity index is 868. The highest BCUT2D eigenvalue weighted by atomic mass is 16.5. The highest BCUT2D eigenvalue weighted by Crippen LogP contribution is 2.29. The van der Waals surface area contributed by atoms with Crippen molar-refractivity contribution in [2.75, 3.05) is 13.2 Å². The molecule has 0 heterocycles. The van der Waals surface area contributed by atoms with Gasteiger partial charge in [-0.15, -0.1) is 0 Å². The van der Waals surface area contributed by atoms with Gasteiger partial charge < -0.3 is 10.1 Å². The van der Waals surface area contributed by atoms with Crippen LogP contribution >= 0.6 is 0 Å². The second-order valence-electron chi connectivity index (χ2n) is 7.98. The lowest BCUT2D eigenvalue weighted by Gasteiger charge is -2.22. The predicted octanol–water partition coefficient (Wildman–Crippen LogP) is 6.13. The van der Waals surface area contributed by atoms with E-state index in [2.05, 4.69) is 72.0 Å². The largest absolute Gasteiger partial charge is 0.493 e. The van der Waals surface area contributed by atoms with E-state index in [1.54, 1.807) is 0 Å².